The number of rotatable bonds is 3. The minimum atomic E-state index is -0.00780. The Morgan fingerprint density at radius 3 is 2.54 bits per heavy atom. The number of benzene rings is 1. The van der Waals surface area contributed by atoms with Crippen molar-refractivity contribution < 1.29 is 4.79 Å². The Balaban J connectivity index is 1.65. The molecule has 2 aliphatic rings. The summed E-state index contributed by atoms with van der Waals surface area (Å²) in [6.45, 7) is 7.26. The Bertz CT molecular complexity index is 794. The molecule has 1 aliphatic carbocycles. The van der Waals surface area contributed by atoms with Crippen molar-refractivity contribution >= 4 is 11.8 Å². The topological polar surface area (TPSA) is 50.2 Å². The molecule has 0 spiro atoms. The highest BCUT2D eigenvalue weighted by atomic mass is 16.2. The van der Waals surface area contributed by atoms with Crippen molar-refractivity contribution in [3.8, 4) is 5.69 Å². The SMILES string of the molecule is Cc1c(C2CC2)nn(-c2ccccc2)c1NC(=O)N1C[C@H](C)CC[C@@H]1C. The summed E-state index contributed by atoms with van der Waals surface area (Å²) in [5.41, 5.74) is 3.21. The van der Waals surface area contributed by atoms with Gasteiger partial charge in [0.05, 0.1) is 11.4 Å². The van der Waals surface area contributed by atoms with Gasteiger partial charge in [0.25, 0.3) is 0 Å². The maximum Gasteiger partial charge on any atom is 0.323 e. The monoisotopic (exact) mass is 352 g/mol. The average molecular weight is 352 g/mol. The number of nitrogens with one attached hydrogen (secondary N) is 1. The number of para-hydroxylation sites is 1. The lowest BCUT2D eigenvalue weighted by molar-refractivity contribution is 0.147. The second-order valence-corrected chi connectivity index (χ2v) is 7.99. The first kappa shape index (κ1) is 17.1. The number of amides is 2. The summed E-state index contributed by atoms with van der Waals surface area (Å²) in [7, 11) is 0. The van der Waals surface area contributed by atoms with Gasteiger partial charge >= 0.3 is 6.03 Å². The number of likely N-dealkylation sites (tertiary alicyclic amines) is 1. The molecule has 2 atom stereocenters. The fraction of sp³-hybridized carbons (Fsp3) is 0.524. The molecular formula is C21H28N4O. The molecule has 1 aliphatic heterocycles. The smallest absolute Gasteiger partial charge is 0.322 e. The molecule has 2 heterocycles. The van der Waals surface area contributed by atoms with Crippen LogP contribution in [0.3, 0.4) is 0 Å². The first-order valence-electron chi connectivity index (χ1n) is 9.77. The highest BCUT2D eigenvalue weighted by molar-refractivity contribution is 5.90. The second-order valence-electron chi connectivity index (χ2n) is 7.99. The molecule has 1 saturated heterocycles. The van der Waals surface area contributed by atoms with Crippen LogP contribution in [0.1, 0.15) is 56.7 Å². The predicted octanol–water partition coefficient (Wildman–Crippen LogP) is 4.71. The summed E-state index contributed by atoms with van der Waals surface area (Å²) in [5.74, 6) is 1.91. The van der Waals surface area contributed by atoms with Crippen molar-refractivity contribution in [2.45, 2.75) is 58.4 Å². The van der Waals surface area contributed by atoms with Crippen LogP contribution in [-0.2, 0) is 0 Å². The molecule has 5 heteroatoms. The normalized spacial score (nSPS) is 23.1. The zero-order valence-corrected chi connectivity index (χ0v) is 15.9. The zero-order chi connectivity index (χ0) is 18.3. The maximum absolute atomic E-state index is 13.0. The molecule has 26 heavy (non-hydrogen) atoms. The van der Waals surface area contributed by atoms with Crippen molar-refractivity contribution in [1.82, 2.24) is 14.7 Å². The average Bonchev–Trinajstić information content (AvgIpc) is 3.43. The van der Waals surface area contributed by atoms with Crippen LogP contribution in [0.15, 0.2) is 30.3 Å². The van der Waals surface area contributed by atoms with Crippen LogP contribution in [0, 0.1) is 12.8 Å². The van der Waals surface area contributed by atoms with Crippen LogP contribution in [0.5, 0.6) is 0 Å². The maximum atomic E-state index is 13.0. The van der Waals surface area contributed by atoms with Gasteiger partial charge in [0.2, 0.25) is 0 Å². The van der Waals surface area contributed by atoms with E-state index in [1.165, 1.54) is 19.3 Å². The Kier molecular flexibility index (Phi) is 4.47. The molecule has 4 rings (SSSR count). The van der Waals surface area contributed by atoms with Crippen molar-refractivity contribution in [2.75, 3.05) is 11.9 Å². The third kappa shape index (κ3) is 3.22. The fourth-order valence-corrected chi connectivity index (χ4v) is 3.90. The lowest BCUT2D eigenvalue weighted by atomic mass is 9.95. The van der Waals surface area contributed by atoms with Gasteiger partial charge in [-0.25, -0.2) is 9.48 Å². The largest absolute Gasteiger partial charge is 0.323 e. The molecule has 1 N–H and O–H groups in total. The molecule has 1 aromatic carbocycles. The number of anilines is 1. The molecule has 138 valence electrons. The highest BCUT2D eigenvalue weighted by Gasteiger charge is 2.32. The van der Waals surface area contributed by atoms with E-state index in [-0.39, 0.29) is 12.1 Å². The summed E-state index contributed by atoms with van der Waals surface area (Å²) in [5, 5.41) is 8.05. The van der Waals surface area contributed by atoms with Crippen LogP contribution < -0.4 is 5.32 Å². The molecular weight excluding hydrogens is 324 g/mol. The van der Waals surface area contributed by atoms with Crippen molar-refractivity contribution in [3.05, 3.63) is 41.6 Å². The number of piperidine rings is 1. The number of urea groups is 1. The van der Waals surface area contributed by atoms with E-state index in [0.717, 1.165) is 35.7 Å². The molecule has 0 unspecified atom stereocenters. The molecule has 0 bridgehead atoms. The van der Waals surface area contributed by atoms with Gasteiger partial charge in [0, 0.05) is 24.1 Å². The molecule has 2 aromatic rings. The van der Waals surface area contributed by atoms with E-state index in [4.69, 9.17) is 5.10 Å². The summed E-state index contributed by atoms with van der Waals surface area (Å²) in [4.78, 5) is 15.0. The van der Waals surface area contributed by atoms with Gasteiger partial charge in [-0.1, -0.05) is 25.1 Å². The van der Waals surface area contributed by atoms with Gasteiger partial charge in [-0.2, -0.15) is 5.10 Å². The summed E-state index contributed by atoms with van der Waals surface area (Å²) in [6, 6.07) is 10.3. The minimum Gasteiger partial charge on any atom is -0.322 e. The molecule has 5 nitrogen and oxygen atoms in total. The van der Waals surface area contributed by atoms with Crippen LogP contribution >= 0.6 is 0 Å². The van der Waals surface area contributed by atoms with E-state index < -0.39 is 0 Å². The number of aromatic nitrogens is 2. The third-order valence-corrected chi connectivity index (χ3v) is 5.73. The Hall–Kier alpha value is -2.30. The van der Waals surface area contributed by atoms with E-state index in [9.17, 15) is 4.79 Å². The van der Waals surface area contributed by atoms with Crippen molar-refractivity contribution in [3.63, 3.8) is 0 Å². The quantitative estimate of drug-likeness (QED) is 0.869. The number of hydrogen-bond acceptors (Lipinski definition) is 2. The summed E-state index contributed by atoms with van der Waals surface area (Å²) >= 11 is 0. The number of carbonyl (C=O) groups is 1. The molecule has 0 radical (unpaired) electrons. The predicted molar refractivity (Wildman–Crippen MR) is 104 cm³/mol. The van der Waals surface area contributed by atoms with Crippen LogP contribution in [0.2, 0.25) is 0 Å². The van der Waals surface area contributed by atoms with Gasteiger partial charge in [0.1, 0.15) is 5.82 Å². The number of carbonyl (C=O) groups excluding carboxylic acids is 1. The first-order chi connectivity index (χ1) is 12.5. The lowest BCUT2D eigenvalue weighted by Gasteiger charge is -2.36. The molecule has 2 fully saturated rings. The second kappa shape index (κ2) is 6.78. The summed E-state index contributed by atoms with van der Waals surface area (Å²) in [6.07, 6.45) is 4.65. The number of nitrogens with zero attached hydrogens (tertiary/aromatic N) is 3. The van der Waals surface area contributed by atoms with Crippen molar-refractivity contribution in [1.29, 1.82) is 0 Å². The van der Waals surface area contributed by atoms with Crippen LogP contribution in [-0.4, -0.2) is 33.3 Å². The Labute approximate surface area is 155 Å². The Morgan fingerprint density at radius 2 is 1.85 bits per heavy atom. The van der Waals surface area contributed by atoms with Gasteiger partial charge in [0.15, 0.2) is 0 Å². The molecule has 1 saturated carbocycles. The van der Waals surface area contributed by atoms with E-state index in [1.807, 2.05) is 39.9 Å². The van der Waals surface area contributed by atoms with E-state index in [0.29, 0.717) is 11.8 Å². The number of hydrogen-bond donors (Lipinski definition) is 1. The van der Waals surface area contributed by atoms with Crippen molar-refractivity contribution in [2.24, 2.45) is 5.92 Å². The van der Waals surface area contributed by atoms with E-state index in [2.05, 4.69) is 26.1 Å². The first-order valence-corrected chi connectivity index (χ1v) is 9.77. The van der Waals surface area contributed by atoms with Crippen LogP contribution in [0.4, 0.5) is 10.6 Å². The molecule has 2 amide bonds. The molecule has 1 aromatic heterocycles. The van der Waals surface area contributed by atoms with Gasteiger partial charge < -0.3 is 4.90 Å². The highest BCUT2D eigenvalue weighted by Crippen LogP contribution is 2.43. The van der Waals surface area contributed by atoms with Gasteiger partial charge in [-0.15, -0.1) is 0 Å². The van der Waals surface area contributed by atoms with Gasteiger partial charge in [-0.05, 0) is 57.6 Å². The standard InChI is InChI=1S/C21H28N4O/c1-14-9-10-15(2)24(13-14)21(26)22-20-16(3)19(17-11-12-17)23-25(20)18-7-5-4-6-8-18/h4-8,14-15,17H,9-13H2,1-3H3,(H,22,26)/t14-,15+/m1/s1. The van der Waals surface area contributed by atoms with Gasteiger partial charge in [-0.3, -0.25) is 5.32 Å². The summed E-state index contributed by atoms with van der Waals surface area (Å²) < 4.78 is 1.90. The van der Waals surface area contributed by atoms with E-state index in [1.54, 1.807) is 0 Å². The fourth-order valence-electron chi connectivity index (χ4n) is 3.90. The zero-order valence-electron chi connectivity index (χ0n) is 15.9. The lowest BCUT2D eigenvalue weighted by Crippen LogP contribution is -2.47. The Morgan fingerprint density at radius 1 is 1.12 bits per heavy atom. The van der Waals surface area contributed by atoms with Crippen LogP contribution in [0.25, 0.3) is 5.69 Å². The van der Waals surface area contributed by atoms with E-state index >= 15 is 0 Å². The third-order valence-electron chi connectivity index (χ3n) is 5.73. The minimum absolute atomic E-state index is 0.00780.